The number of piperidine rings is 1. The molecule has 0 aromatic carbocycles. The maximum Gasteiger partial charge on any atom is 0.251 e. The molecular formula is C15H21N3O. The van der Waals surface area contributed by atoms with E-state index in [4.69, 9.17) is 4.98 Å². The quantitative estimate of drug-likeness (QED) is 0.883. The van der Waals surface area contributed by atoms with E-state index < -0.39 is 0 Å². The van der Waals surface area contributed by atoms with E-state index in [-0.39, 0.29) is 5.56 Å². The van der Waals surface area contributed by atoms with E-state index in [1.807, 2.05) is 0 Å². The van der Waals surface area contributed by atoms with Crippen molar-refractivity contribution in [2.24, 2.45) is 0 Å². The summed E-state index contributed by atoms with van der Waals surface area (Å²) in [5, 5.41) is 0. The predicted molar refractivity (Wildman–Crippen MR) is 73.4 cm³/mol. The minimum atomic E-state index is 0.0400. The summed E-state index contributed by atoms with van der Waals surface area (Å²) in [5.74, 6) is 1.98. The topological polar surface area (TPSA) is 49.0 Å². The molecule has 3 heterocycles. The van der Waals surface area contributed by atoms with Gasteiger partial charge in [-0.25, -0.2) is 4.98 Å². The van der Waals surface area contributed by atoms with Gasteiger partial charge in [-0.15, -0.1) is 0 Å². The van der Waals surface area contributed by atoms with Crippen molar-refractivity contribution in [3.8, 4) is 0 Å². The molecule has 2 aliphatic heterocycles. The number of fused-ring (bicyclic) bond motifs is 2. The molecule has 0 radical (unpaired) electrons. The highest BCUT2D eigenvalue weighted by Gasteiger charge is 2.40. The normalized spacial score (nSPS) is 34.7. The van der Waals surface area contributed by atoms with Crippen molar-refractivity contribution in [3.63, 3.8) is 0 Å². The first kappa shape index (κ1) is 11.6. The van der Waals surface area contributed by atoms with Gasteiger partial charge < -0.3 is 9.88 Å². The Morgan fingerprint density at radius 1 is 1.16 bits per heavy atom. The Morgan fingerprint density at radius 2 is 1.84 bits per heavy atom. The van der Waals surface area contributed by atoms with Gasteiger partial charge in [0.25, 0.3) is 5.56 Å². The number of H-pyrrole nitrogens is 1. The van der Waals surface area contributed by atoms with E-state index >= 15 is 0 Å². The Kier molecular flexibility index (Phi) is 2.56. The van der Waals surface area contributed by atoms with E-state index in [0.29, 0.717) is 23.9 Å². The summed E-state index contributed by atoms with van der Waals surface area (Å²) in [4.78, 5) is 22.1. The molecule has 1 N–H and O–H groups in total. The van der Waals surface area contributed by atoms with Crippen LogP contribution in [0.3, 0.4) is 0 Å². The average molecular weight is 259 g/mol. The molecule has 19 heavy (non-hydrogen) atoms. The minimum Gasteiger partial charge on any atom is -0.310 e. The summed E-state index contributed by atoms with van der Waals surface area (Å²) in [6.07, 6.45) is 7.34. The van der Waals surface area contributed by atoms with Crippen molar-refractivity contribution in [1.82, 2.24) is 14.9 Å². The largest absolute Gasteiger partial charge is 0.310 e. The summed E-state index contributed by atoms with van der Waals surface area (Å²) >= 11 is 0. The summed E-state index contributed by atoms with van der Waals surface area (Å²) in [5.41, 5.74) is 1.07. The van der Waals surface area contributed by atoms with E-state index in [9.17, 15) is 4.79 Å². The summed E-state index contributed by atoms with van der Waals surface area (Å²) in [6.45, 7) is 0. The van der Waals surface area contributed by atoms with Crippen LogP contribution in [0.4, 0.5) is 0 Å². The summed E-state index contributed by atoms with van der Waals surface area (Å²) in [7, 11) is 2.25. The molecule has 3 fully saturated rings. The lowest BCUT2D eigenvalue weighted by Crippen LogP contribution is -2.39. The van der Waals surface area contributed by atoms with Gasteiger partial charge in [0.1, 0.15) is 5.82 Å². The van der Waals surface area contributed by atoms with Crippen molar-refractivity contribution in [2.45, 2.75) is 62.4 Å². The minimum absolute atomic E-state index is 0.0400. The van der Waals surface area contributed by atoms with Gasteiger partial charge in [-0.05, 0) is 45.6 Å². The van der Waals surface area contributed by atoms with Crippen molar-refractivity contribution < 1.29 is 0 Å². The standard InChI is InChI=1S/C15H21N3O/c1-18-11-4-5-12(18)7-10(6-11)15-16-13(9-2-3-9)8-14(19)17-15/h8-12H,2-7H2,1H3,(H,16,17,19). The molecule has 102 valence electrons. The molecule has 0 amide bonds. The molecule has 3 aliphatic rings. The third-order valence-corrected chi connectivity index (χ3v) is 5.26. The lowest BCUT2D eigenvalue weighted by atomic mass is 9.90. The zero-order valence-electron chi connectivity index (χ0n) is 11.4. The van der Waals surface area contributed by atoms with E-state index in [0.717, 1.165) is 24.4 Å². The van der Waals surface area contributed by atoms with Crippen LogP contribution in [0.1, 0.15) is 61.9 Å². The summed E-state index contributed by atoms with van der Waals surface area (Å²) < 4.78 is 0. The molecule has 2 bridgehead atoms. The van der Waals surface area contributed by atoms with Gasteiger partial charge in [0, 0.05) is 30.0 Å². The van der Waals surface area contributed by atoms with Crippen LogP contribution in [-0.2, 0) is 0 Å². The Labute approximate surface area is 113 Å². The van der Waals surface area contributed by atoms with Gasteiger partial charge in [0.15, 0.2) is 0 Å². The Morgan fingerprint density at radius 3 is 2.47 bits per heavy atom. The Bertz CT molecular complexity index is 535. The van der Waals surface area contributed by atoms with Gasteiger partial charge in [-0.1, -0.05) is 0 Å². The van der Waals surface area contributed by atoms with Gasteiger partial charge in [0.2, 0.25) is 0 Å². The molecule has 2 unspecified atom stereocenters. The second kappa shape index (κ2) is 4.17. The van der Waals surface area contributed by atoms with Crippen LogP contribution in [0.2, 0.25) is 0 Å². The second-order valence-corrected chi connectivity index (χ2v) is 6.55. The monoisotopic (exact) mass is 259 g/mol. The number of nitrogens with one attached hydrogen (secondary N) is 1. The molecule has 2 atom stereocenters. The molecule has 2 saturated heterocycles. The number of hydrogen-bond donors (Lipinski definition) is 1. The van der Waals surface area contributed by atoms with Crippen LogP contribution in [0, 0.1) is 0 Å². The first-order valence-electron chi connectivity index (χ1n) is 7.54. The SMILES string of the molecule is CN1C2CCC1CC(c1nc(C3CC3)cc(=O)[nH]1)C2. The van der Waals surface area contributed by atoms with E-state index in [2.05, 4.69) is 16.9 Å². The average Bonchev–Trinajstić information content (AvgIpc) is 3.21. The lowest BCUT2D eigenvalue weighted by molar-refractivity contribution is 0.158. The third kappa shape index (κ3) is 2.02. The van der Waals surface area contributed by atoms with Gasteiger partial charge >= 0.3 is 0 Å². The molecule has 1 aliphatic carbocycles. The molecule has 1 aromatic rings. The Hall–Kier alpha value is -1.16. The highest BCUT2D eigenvalue weighted by Crippen LogP contribution is 2.42. The number of aromatic nitrogens is 2. The maximum atomic E-state index is 11.8. The molecule has 1 aromatic heterocycles. The fourth-order valence-corrected chi connectivity index (χ4v) is 3.91. The van der Waals surface area contributed by atoms with Crippen molar-refractivity contribution in [1.29, 1.82) is 0 Å². The zero-order chi connectivity index (χ0) is 13.0. The van der Waals surface area contributed by atoms with Gasteiger partial charge in [-0.3, -0.25) is 4.79 Å². The fourth-order valence-electron chi connectivity index (χ4n) is 3.91. The number of aromatic amines is 1. The van der Waals surface area contributed by atoms with E-state index in [1.54, 1.807) is 6.07 Å². The van der Waals surface area contributed by atoms with E-state index in [1.165, 1.54) is 25.7 Å². The molecule has 4 heteroatoms. The lowest BCUT2D eigenvalue weighted by Gasteiger charge is -2.35. The molecule has 4 nitrogen and oxygen atoms in total. The highest BCUT2D eigenvalue weighted by atomic mass is 16.1. The third-order valence-electron chi connectivity index (χ3n) is 5.26. The van der Waals surface area contributed by atoms with Crippen LogP contribution in [0.5, 0.6) is 0 Å². The molecule has 1 saturated carbocycles. The van der Waals surface area contributed by atoms with Crippen LogP contribution < -0.4 is 5.56 Å². The second-order valence-electron chi connectivity index (χ2n) is 6.55. The van der Waals surface area contributed by atoms with Crippen LogP contribution in [0.15, 0.2) is 10.9 Å². The highest BCUT2D eigenvalue weighted by molar-refractivity contribution is 5.16. The first-order chi connectivity index (χ1) is 9.20. The number of nitrogens with zero attached hydrogens (tertiary/aromatic N) is 2. The fraction of sp³-hybridized carbons (Fsp3) is 0.733. The first-order valence-corrected chi connectivity index (χ1v) is 7.54. The molecule has 0 spiro atoms. The number of hydrogen-bond acceptors (Lipinski definition) is 3. The predicted octanol–water partition coefficient (Wildman–Crippen LogP) is 1.99. The van der Waals surface area contributed by atoms with Crippen LogP contribution >= 0.6 is 0 Å². The van der Waals surface area contributed by atoms with Gasteiger partial charge in [0.05, 0.1) is 5.69 Å². The summed E-state index contributed by atoms with van der Waals surface area (Å²) in [6, 6.07) is 3.09. The molecule has 4 rings (SSSR count). The smallest absolute Gasteiger partial charge is 0.251 e. The van der Waals surface area contributed by atoms with Crippen LogP contribution in [-0.4, -0.2) is 34.0 Å². The van der Waals surface area contributed by atoms with Crippen LogP contribution in [0.25, 0.3) is 0 Å². The molecular weight excluding hydrogens is 238 g/mol. The van der Waals surface area contributed by atoms with Crippen molar-refractivity contribution in [3.05, 3.63) is 27.9 Å². The maximum absolute atomic E-state index is 11.8. The zero-order valence-corrected chi connectivity index (χ0v) is 11.4. The van der Waals surface area contributed by atoms with Crippen molar-refractivity contribution >= 4 is 0 Å². The van der Waals surface area contributed by atoms with Gasteiger partial charge in [-0.2, -0.15) is 0 Å². The van der Waals surface area contributed by atoms with Crippen molar-refractivity contribution in [2.75, 3.05) is 7.05 Å². The number of rotatable bonds is 2. The Balaban J connectivity index is 1.64.